The van der Waals surface area contributed by atoms with Crippen LogP contribution in [0.15, 0.2) is 18.2 Å². The molecule has 1 aromatic rings. The highest BCUT2D eigenvalue weighted by molar-refractivity contribution is 6.33. The quantitative estimate of drug-likeness (QED) is 0.896. The van der Waals surface area contributed by atoms with Crippen LogP contribution in [0.25, 0.3) is 0 Å². The maximum Gasteiger partial charge on any atom is 0.0762 e. The largest absolute Gasteiger partial charge is 0.389 e. The second-order valence-electron chi connectivity index (χ2n) is 5.05. The number of anilines is 1. The molecule has 1 fully saturated rings. The molecule has 1 heterocycles. The summed E-state index contributed by atoms with van der Waals surface area (Å²) in [6.07, 6.45) is -0.0680. The van der Waals surface area contributed by atoms with E-state index >= 15 is 0 Å². The minimum absolute atomic E-state index is 0.209. The fourth-order valence-electron chi connectivity index (χ4n) is 2.41. The van der Waals surface area contributed by atoms with E-state index in [0.29, 0.717) is 5.02 Å². The lowest BCUT2D eigenvalue weighted by Gasteiger charge is -2.37. The Balaban J connectivity index is 2.22. The zero-order valence-corrected chi connectivity index (χ0v) is 11.8. The van der Waals surface area contributed by atoms with E-state index in [1.165, 1.54) is 0 Å². The smallest absolute Gasteiger partial charge is 0.0762 e. The highest BCUT2D eigenvalue weighted by Gasteiger charge is 2.23. The second kappa shape index (κ2) is 5.47. The lowest BCUT2D eigenvalue weighted by atomic mass is 10.1. The minimum atomic E-state index is -0.487. The van der Waals surface area contributed by atoms with Crippen LogP contribution >= 0.6 is 11.6 Å². The molecular formula is C14H20ClNO2. The Hall–Kier alpha value is -0.770. The van der Waals surface area contributed by atoms with E-state index < -0.39 is 6.10 Å². The van der Waals surface area contributed by atoms with Gasteiger partial charge in [-0.05, 0) is 38.5 Å². The second-order valence-corrected chi connectivity index (χ2v) is 5.46. The van der Waals surface area contributed by atoms with Crippen molar-refractivity contribution in [2.45, 2.75) is 39.1 Å². The van der Waals surface area contributed by atoms with E-state index in [0.717, 1.165) is 24.3 Å². The van der Waals surface area contributed by atoms with Crippen LogP contribution in [0.3, 0.4) is 0 Å². The third kappa shape index (κ3) is 2.97. The number of ether oxygens (including phenoxy) is 1. The van der Waals surface area contributed by atoms with Gasteiger partial charge in [0.05, 0.1) is 29.0 Å². The van der Waals surface area contributed by atoms with Crippen molar-refractivity contribution >= 4 is 17.3 Å². The van der Waals surface area contributed by atoms with Gasteiger partial charge >= 0.3 is 0 Å². The predicted octanol–water partition coefficient (Wildman–Crippen LogP) is 3.01. The van der Waals surface area contributed by atoms with Crippen molar-refractivity contribution in [3.8, 4) is 0 Å². The van der Waals surface area contributed by atoms with Crippen molar-refractivity contribution < 1.29 is 9.84 Å². The van der Waals surface area contributed by atoms with Crippen LogP contribution in [0.1, 0.15) is 32.4 Å². The van der Waals surface area contributed by atoms with Gasteiger partial charge in [0.2, 0.25) is 0 Å². The van der Waals surface area contributed by atoms with E-state index in [1.807, 2.05) is 18.2 Å². The number of morpholine rings is 1. The van der Waals surface area contributed by atoms with Gasteiger partial charge in [-0.3, -0.25) is 0 Å². The molecule has 2 unspecified atom stereocenters. The minimum Gasteiger partial charge on any atom is -0.389 e. The number of hydrogen-bond donors (Lipinski definition) is 1. The molecule has 0 aliphatic carbocycles. The molecule has 0 saturated carbocycles. The van der Waals surface area contributed by atoms with Crippen molar-refractivity contribution in [2.75, 3.05) is 18.0 Å². The molecule has 0 amide bonds. The first-order valence-electron chi connectivity index (χ1n) is 6.35. The fourth-order valence-corrected chi connectivity index (χ4v) is 2.72. The number of nitrogens with zero attached hydrogens (tertiary/aromatic N) is 1. The monoisotopic (exact) mass is 269 g/mol. The molecule has 3 atom stereocenters. The Bertz CT molecular complexity index is 412. The summed E-state index contributed by atoms with van der Waals surface area (Å²) in [5.41, 5.74) is 1.86. The van der Waals surface area contributed by atoms with Crippen LogP contribution in [-0.2, 0) is 4.74 Å². The number of halogens is 1. The normalized spacial score (nSPS) is 26.2. The molecule has 100 valence electrons. The summed E-state index contributed by atoms with van der Waals surface area (Å²) in [5.74, 6) is 0. The zero-order chi connectivity index (χ0) is 13.3. The average Bonchev–Trinajstić information content (AvgIpc) is 2.27. The molecule has 0 bridgehead atoms. The van der Waals surface area contributed by atoms with Gasteiger partial charge < -0.3 is 14.7 Å². The number of hydrogen-bond acceptors (Lipinski definition) is 3. The van der Waals surface area contributed by atoms with Gasteiger partial charge in [-0.15, -0.1) is 0 Å². The molecule has 0 radical (unpaired) electrons. The molecule has 2 rings (SSSR count). The standard InChI is InChI=1S/C14H20ClNO2/c1-9-7-16(8-10(2)18-9)14-5-4-12(11(3)17)6-13(14)15/h4-6,9-11,17H,7-8H2,1-3H3/t9?,10?,11-/m1/s1. The summed E-state index contributed by atoms with van der Waals surface area (Å²) >= 11 is 6.31. The van der Waals surface area contributed by atoms with Crippen molar-refractivity contribution in [3.63, 3.8) is 0 Å². The van der Waals surface area contributed by atoms with Crippen molar-refractivity contribution in [1.29, 1.82) is 0 Å². The van der Waals surface area contributed by atoms with Crippen molar-refractivity contribution in [1.82, 2.24) is 0 Å². The van der Waals surface area contributed by atoms with E-state index in [4.69, 9.17) is 16.3 Å². The van der Waals surface area contributed by atoms with E-state index in [2.05, 4.69) is 18.7 Å². The van der Waals surface area contributed by atoms with Crippen molar-refractivity contribution in [2.24, 2.45) is 0 Å². The Labute approximate surface area is 113 Å². The summed E-state index contributed by atoms with van der Waals surface area (Å²) in [5, 5.41) is 10.2. The topological polar surface area (TPSA) is 32.7 Å². The zero-order valence-electron chi connectivity index (χ0n) is 11.1. The molecule has 1 aliphatic rings. The van der Waals surface area contributed by atoms with Gasteiger partial charge in [0.25, 0.3) is 0 Å². The summed E-state index contributed by atoms with van der Waals surface area (Å²) in [6.45, 7) is 7.57. The summed E-state index contributed by atoms with van der Waals surface area (Å²) < 4.78 is 5.71. The first kappa shape index (κ1) is 13.7. The Kier molecular flexibility index (Phi) is 4.15. The molecule has 3 nitrogen and oxygen atoms in total. The lowest BCUT2D eigenvalue weighted by Crippen LogP contribution is -2.45. The SMILES string of the molecule is CC1CN(c2ccc([C@@H](C)O)cc2Cl)CC(C)O1. The first-order valence-corrected chi connectivity index (χ1v) is 6.73. The Morgan fingerprint density at radius 2 is 1.94 bits per heavy atom. The van der Waals surface area contributed by atoms with Crippen molar-refractivity contribution in [3.05, 3.63) is 28.8 Å². The van der Waals surface area contributed by atoms with Gasteiger partial charge in [0.1, 0.15) is 0 Å². The molecule has 1 aromatic carbocycles. The third-order valence-electron chi connectivity index (χ3n) is 3.21. The summed E-state index contributed by atoms with van der Waals surface area (Å²) in [7, 11) is 0. The number of aliphatic hydroxyl groups is 1. The third-order valence-corrected chi connectivity index (χ3v) is 3.52. The van der Waals surface area contributed by atoms with Crippen LogP contribution in [-0.4, -0.2) is 30.4 Å². The number of aliphatic hydroxyl groups excluding tert-OH is 1. The molecule has 1 saturated heterocycles. The van der Waals surface area contributed by atoms with Gasteiger partial charge in [-0.1, -0.05) is 17.7 Å². The van der Waals surface area contributed by atoms with Gasteiger partial charge in [-0.25, -0.2) is 0 Å². The predicted molar refractivity (Wildman–Crippen MR) is 74.3 cm³/mol. The molecule has 0 aromatic heterocycles. The van der Waals surface area contributed by atoms with Gasteiger partial charge in [0, 0.05) is 13.1 Å². The lowest BCUT2D eigenvalue weighted by molar-refractivity contribution is -0.00521. The maximum atomic E-state index is 9.54. The fraction of sp³-hybridized carbons (Fsp3) is 0.571. The molecular weight excluding hydrogens is 250 g/mol. The van der Waals surface area contributed by atoms with Crippen LogP contribution in [0, 0.1) is 0 Å². The van der Waals surface area contributed by atoms with Crippen LogP contribution < -0.4 is 4.90 Å². The number of benzene rings is 1. The highest BCUT2D eigenvalue weighted by Crippen LogP contribution is 2.30. The van der Waals surface area contributed by atoms with Crippen LogP contribution in [0.4, 0.5) is 5.69 Å². The van der Waals surface area contributed by atoms with Crippen LogP contribution in [0.5, 0.6) is 0 Å². The Morgan fingerprint density at radius 3 is 2.44 bits per heavy atom. The summed E-state index contributed by atoms with van der Waals surface area (Å²) in [4.78, 5) is 2.24. The molecule has 1 N–H and O–H groups in total. The molecule has 4 heteroatoms. The summed E-state index contributed by atoms with van der Waals surface area (Å²) in [6, 6.07) is 5.75. The number of rotatable bonds is 2. The van der Waals surface area contributed by atoms with Gasteiger partial charge in [-0.2, -0.15) is 0 Å². The highest BCUT2D eigenvalue weighted by atomic mass is 35.5. The Morgan fingerprint density at radius 1 is 1.33 bits per heavy atom. The molecule has 0 spiro atoms. The van der Waals surface area contributed by atoms with E-state index in [9.17, 15) is 5.11 Å². The molecule has 18 heavy (non-hydrogen) atoms. The van der Waals surface area contributed by atoms with Crippen LogP contribution in [0.2, 0.25) is 5.02 Å². The maximum absolute atomic E-state index is 9.54. The molecule has 1 aliphatic heterocycles. The van der Waals surface area contributed by atoms with Gasteiger partial charge in [0.15, 0.2) is 0 Å². The van der Waals surface area contributed by atoms with E-state index in [1.54, 1.807) is 6.92 Å². The van der Waals surface area contributed by atoms with E-state index in [-0.39, 0.29) is 12.2 Å². The average molecular weight is 270 g/mol. The first-order chi connectivity index (χ1) is 8.47.